The lowest BCUT2D eigenvalue weighted by atomic mass is 9.82. The predicted molar refractivity (Wildman–Crippen MR) is 63.9 cm³/mol. The van der Waals surface area contributed by atoms with E-state index >= 15 is 0 Å². The van der Waals surface area contributed by atoms with E-state index < -0.39 is 5.54 Å². The molecule has 1 aliphatic carbocycles. The second-order valence-electron chi connectivity index (χ2n) is 5.71. The molecule has 0 aromatic carbocycles. The van der Waals surface area contributed by atoms with Gasteiger partial charge in [-0.3, -0.25) is 4.79 Å². The van der Waals surface area contributed by atoms with E-state index in [-0.39, 0.29) is 18.1 Å². The normalized spacial score (nSPS) is 20.5. The Kier molecular flexibility index (Phi) is 4.33. The average molecular weight is 228 g/mol. The van der Waals surface area contributed by atoms with Crippen molar-refractivity contribution in [3.05, 3.63) is 0 Å². The van der Waals surface area contributed by atoms with Crippen LogP contribution in [-0.2, 0) is 4.79 Å². The van der Waals surface area contributed by atoms with E-state index in [1.165, 1.54) is 6.42 Å². The minimum absolute atomic E-state index is 0.0315. The summed E-state index contributed by atoms with van der Waals surface area (Å²) in [5, 5.41) is 12.4. The third kappa shape index (κ3) is 4.10. The maximum Gasteiger partial charge on any atom is 0.222 e. The molecule has 4 N–H and O–H groups in total. The zero-order chi connectivity index (χ0) is 12.2. The Hall–Kier alpha value is -0.610. The number of carbonyl (C=O) groups is 1. The topological polar surface area (TPSA) is 75.4 Å². The molecule has 94 valence electrons. The van der Waals surface area contributed by atoms with Crippen molar-refractivity contribution in [3.63, 3.8) is 0 Å². The maximum atomic E-state index is 11.8. The van der Waals surface area contributed by atoms with Crippen molar-refractivity contribution >= 4 is 5.91 Å². The Morgan fingerprint density at radius 1 is 1.38 bits per heavy atom. The van der Waals surface area contributed by atoms with Gasteiger partial charge in [-0.05, 0) is 26.7 Å². The number of aliphatic hydroxyl groups is 1. The summed E-state index contributed by atoms with van der Waals surface area (Å²) in [6.45, 7) is 3.70. The van der Waals surface area contributed by atoms with Gasteiger partial charge >= 0.3 is 0 Å². The van der Waals surface area contributed by atoms with Crippen LogP contribution in [0.25, 0.3) is 0 Å². The largest absolute Gasteiger partial charge is 0.394 e. The summed E-state index contributed by atoms with van der Waals surface area (Å²) >= 11 is 0. The Bertz CT molecular complexity index is 240. The first-order valence-corrected chi connectivity index (χ1v) is 6.08. The van der Waals surface area contributed by atoms with Crippen molar-refractivity contribution in [2.75, 3.05) is 6.61 Å². The van der Waals surface area contributed by atoms with Crippen molar-refractivity contribution in [1.82, 2.24) is 5.32 Å². The maximum absolute atomic E-state index is 11.8. The summed E-state index contributed by atoms with van der Waals surface area (Å²) in [6, 6.07) is 0. The Labute approximate surface area is 97.6 Å². The van der Waals surface area contributed by atoms with Crippen LogP contribution in [0.3, 0.4) is 0 Å². The van der Waals surface area contributed by atoms with Crippen LogP contribution in [0.4, 0.5) is 0 Å². The lowest BCUT2D eigenvalue weighted by Gasteiger charge is -2.37. The van der Waals surface area contributed by atoms with Crippen LogP contribution in [0, 0.1) is 0 Å². The van der Waals surface area contributed by atoms with Gasteiger partial charge in [-0.15, -0.1) is 0 Å². The molecular formula is C12H24N2O2. The highest BCUT2D eigenvalue weighted by molar-refractivity contribution is 5.78. The Balaban J connectivity index is 2.52. The van der Waals surface area contributed by atoms with Gasteiger partial charge in [0.25, 0.3) is 0 Å². The van der Waals surface area contributed by atoms with E-state index in [0.29, 0.717) is 6.42 Å². The van der Waals surface area contributed by atoms with Crippen molar-refractivity contribution in [3.8, 4) is 0 Å². The third-order valence-corrected chi connectivity index (χ3v) is 3.13. The van der Waals surface area contributed by atoms with Crippen molar-refractivity contribution in [1.29, 1.82) is 0 Å². The minimum Gasteiger partial charge on any atom is -0.394 e. The van der Waals surface area contributed by atoms with Gasteiger partial charge in [-0.2, -0.15) is 0 Å². The second kappa shape index (κ2) is 5.15. The van der Waals surface area contributed by atoms with E-state index in [9.17, 15) is 9.90 Å². The van der Waals surface area contributed by atoms with Crippen molar-refractivity contribution in [2.45, 2.75) is 63.5 Å². The average Bonchev–Trinajstić information content (AvgIpc) is 2.16. The zero-order valence-corrected chi connectivity index (χ0v) is 10.4. The first-order chi connectivity index (χ1) is 7.37. The molecule has 4 heteroatoms. The minimum atomic E-state index is -0.491. The van der Waals surface area contributed by atoms with Crippen LogP contribution < -0.4 is 11.1 Å². The third-order valence-electron chi connectivity index (χ3n) is 3.13. The molecule has 1 fully saturated rings. The van der Waals surface area contributed by atoms with Gasteiger partial charge in [0.05, 0.1) is 12.1 Å². The van der Waals surface area contributed by atoms with E-state index in [0.717, 1.165) is 25.7 Å². The number of hydrogen-bond donors (Lipinski definition) is 3. The summed E-state index contributed by atoms with van der Waals surface area (Å²) in [4.78, 5) is 11.8. The summed E-state index contributed by atoms with van der Waals surface area (Å²) < 4.78 is 0. The lowest BCUT2D eigenvalue weighted by Crippen LogP contribution is -2.54. The molecule has 1 amide bonds. The quantitative estimate of drug-likeness (QED) is 0.670. The van der Waals surface area contributed by atoms with Crippen LogP contribution >= 0.6 is 0 Å². The summed E-state index contributed by atoms with van der Waals surface area (Å²) in [5.74, 6) is -0.0524. The molecule has 0 aromatic heterocycles. The van der Waals surface area contributed by atoms with Crippen LogP contribution in [0.15, 0.2) is 0 Å². The molecular weight excluding hydrogens is 204 g/mol. The predicted octanol–water partition coefficient (Wildman–Crippen LogP) is 0.925. The lowest BCUT2D eigenvalue weighted by molar-refractivity contribution is -0.125. The molecule has 0 spiro atoms. The van der Waals surface area contributed by atoms with E-state index in [2.05, 4.69) is 5.32 Å². The molecule has 4 nitrogen and oxygen atoms in total. The van der Waals surface area contributed by atoms with Crippen molar-refractivity contribution < 1.29 is 9.90 Å². The van der Waals surface area contributed by atoms with Crippen LogP contribution in [0.1, 0.15) is 52.4 Å². The fourth-order valence-electron chi connectivity index (χ4n) is 2.30. The highest BCUT2D eigenvalue weighted by Gasteiger charge is 2.33. The first kappa shape index (κ1) is 13.5. The highest BCUT2D eigenvalue weighted by Crippen LogP contribution is 2.28. The number of rotatable bonds is 4. The molecule has 0 bridgehead atoms. The standard InChI is InChI=1S/C12H24N2O2/c1-11(2,13)8-10(16)14-12(9-15)6-4-3-5-7-12/h15H,3-9,13H2,1-2H3,(H,14,16). The van der Waals surface area contributed by atoms with Crippen molar-refractivity contribution in [2.24, 2.45) is 5.73 Å². The van der Waals surface area contributed by atoms with Gasteiger partial charge in [0.1, 0.15) is 0 Å². The van der Waals surface area contributed by atoms with Crippen LogP contribution in [0.2, 0.25) is 0 Å². The molecule has 1 aliphatic rings. The smallest absolute Gasteiger partial charge is 0.222 e. The summed E-state index contributed by atoms with van der Waals surface area (Å²) in [7, 11) is 0. The zero-order valence-electron chi connectivity index (χ0n) is 10.4. The number of amides is 1. The Morgan fingerprint density at radius 3 is 2.38 bits per heavy atom. The number of nitrogens with one attached hydrogen (secondary N) is 1. The van der Waals surface area contributed by atoms with Gasteiger partial charge in [-0.25, -0.2) is 0 Å². The van der Waals surface area contributed by atoms with Gasteiger partial charge in [0, 0.05) is 12.0 Å². The van der Waals surface area contributed by atoms with Crippen LogP contribution in [0.5, 0.6) is 0 Å². The van der Waals surface area contributed by atoms with Gasteiger partial charge in [0.15, 0.2) is 0 Å². The number of carbonyl (C=O) groups excluding carboxylic acids is 1. The fourth-order valence-corrected chi connectivity index (χ4v) is 2.30. The molecule has 0 saturated heterocycles. The summed E-state index contributed by atoms with van der Waals surface area (Å²) in [5.41, 5.74) is 4.92. The number of hydrogen-bond acceptors (Lipinski definition) is 3. The number of aliphatic hydroxyl groups excluding tert-OH is 1. The SMILES string of the molecule is CC(C)(N)CC(=O)NC1(CO)CCCCC1. The molecule has 1 rings (SSSR count). The second-order valence-corrected chi connectivity index (χ2v) is 5.71. The first-order valence-electron chi connectivity index (χ1n) is 6.08. The van der Waals surface area contributed by atoms with Crippen LogP contribution in [-0.4, -0.2) is 28.7 Å². The molecule has 1 saturated carbocycles. The van der Waals surface area contributed by atoms with Gasteiger partial charge in [-0.1, -0.05) is 19.3 Å². The molecule has 0 aliphatic heterocycles. The van der Waals surface area contributed by atoms with E-state index in [1.54, 1.807) is 0 Å². The molecule has 0 atom stereocenters. The number of nitrogens with two attached hydrogens (primary N) is 1. The molecule has 0 aromatic rings. The monoisotopic (exact) mass is 228 g/mol. The molecule has 0 radical (unpaired) electrons. The van der Waals surface area contributed by atoms with Gasteiger partial charge in [0.2, 0.25) is 5.91 Å². The Morgan fingerprint density at radius 2 is 1.94 bits per heavy atom. The van der Waals surface area contributed by atoms with Gasteiger partial charge < -0.3 is 16.2 Å². The highest BCUT2D eigenvalue weighted by atomic mass is 16.3. The molecule has 16 heavy (non-hydrogen) atoms. The summed E-state index contributed by atoms with van der Waals surface area (Å²) in [6.07, 6.45) is 5.40. The van der Waals surface area contributed by atoms with E-state index in [4.69, 9.17) is 5.73 Å². The molecule has 0 heterocycles. The molecule has 0 unspecified atom stereocenters. The fraction of sp³-hybridized carbons (Fsp3) is 0.917. The van der Waals surface area contributed by atoms with E-state index in [1.807, 2.05) is 13.8 Å².